The summed E-state index contributed by atoms with van der Waals surface area (Å²) in [5, 5.41) is 3.14. The largest absolute Gasteiger partial charge is 0.486 e. The Balaban J connectivity index is 0.00000109. The summed E-state index contributed by atoms with van der Waals surface area (Å²) in [5.74, 6) is 1.48. The zero-order valence-electron chi connectivity index (χ0n) is 14.7. The van der Waals surface area contributed by atoms with Crippen LogP contribution in [0.15, 0.2) is 47.4 Å². The van der Waals surface area contributed by atoms with Gasteiger partial charge in [0.15, 0.2) is 11.5 Å². The third-order valence-electron chi connectivity index (χ3n) is 3.43. The first-order chi connectivity index (χ1) is 12.1. The molecule has 2 aromatic carbocycles. The Labute approximate surface area is 159 Å². The molecule has 0 spiro atoms. The Morgan fingerprint density at radius 3 is 2.40 bits per heavy atom. The molecule has 25 heavy (non-hydrogen) atoms. The predicted molar refractivity (Wildman–Crippen MR) is 108 cm³/mol. The van der Waals surface area contributed by atoms with E-state index in [2.05, 4.69) is 24.4 Å². The summed E-state index contributed by atoms with van der Waals surface area (Å²) in [5.41, 5.74) is 8.33. The third-order valence-corrected chi connectivity index (χ3v) is 4.61. The molecule has 0 amide bonds. The van der Waals surface area contributed by atoms with Gasteiger partial charge in [0.1, 0.15) is 23.7 Å². The van der Waals surface area contributed by atoms with Crippen LogP contribution in [0.1, 0.15) is 31.1 Å². The molecule has 1 unspecified atom stereocenters. The van der Waals surface area contributed by atoms with Gasteiger partial charge in [-0.3, -0.25) is 0 Å². The van der Waals surface area contributed by atoms with Crippen molar-refractivity contribution in [2.45, 2.75) is 31.8 Å². The van der Waals surface area contributed by atoms with E-state index in [0.29, 0.717) is 17.5 Å². The van der Waals surface area contributed by atoms with E-state index in [-0.39, 0.29) is 0 Å². The van der Waals surface area contributed by atoms with Crippen LogP contribution in [0, 0.1) is 6.92 Å². The van der Waals surface area contributed by atoms with Gasteiger partial charge in [-0.25, -0.2) is 0 Å². The number of nitrogens with two attached hydrogens (primary N) is 1. The number of thiocarbonyl (C=S) groups is 1. The lowest BCUT2D eigenvalue weighted by molar-refractivity contribution is 0.171. The Bertz CT molecular complexity index is 705. The molecule has 0 aliphatic carbocycles. The van der Waals surface area contributed by atoms with Gasteiger partial charge in [0, 0.05) is 4.90 Å². The molecule has 3 N–H and O–H groups in total. The van der Waals surface area contributed by atoms with Gasteiger partial charge >= 0.3 is 0 Å². The minimum absolute atomic E-state index is 0.392. The highest BCUT2D eigenvalue weighted by Crippen LogP contribution is 2.32. The summed E-state index contributed by atoms with van der Waals surface area (Å²) in [6.45, 7) is 7.19. The summed E-state index contributed by atoms with van der Waals surface area (Å²) >= 11 is 6.87. The molecule has 0 bridgehead atoms. The topological polar surface area (TPSA) is 56.5 Å². The van der Waals surface area contributed by atoms with E-state index < -0.39 is 6.17 Å². The van der Waals surface area contributed by atoms with Crippen LogP contribution in [0.2, 0.25) is 0 Å². The number of fused-ring (bicyclic) bond motifs is 1. The standard InChI is InChI=1S/C17H18N2O2S2.C2H6/c1-11-2-5-13(6-3-11)23-17(22)19-16(18)12-4-7-14-15(10-12)21-9-8-20-14;1-2/h2-7,10,16H,8-9,18H2,1H3,(H,19,22);1-2H3. The molecule has 2 aromatic rings. The maximum atomic E-state index is 6.20. The van der Waals surface area contributed by atoms with E-state index in [0.717, 1.165) is 22.0 Å². The van der Waals surface area contributed by atoms with Crippen molar-refractivity contribution in [2.75, 3.05) is 13.2 Å². The number of rotatable bonds is 3. The number of benzene rings is 2. The lowest BCUT2D eigenvalue weighted by atomic mass is 10.1. The SMILES string of the molecule is CC.Cc1ccc(SC(=S)NC(N)c2ccc3c(c2)OCCO3)cc1. The smallest absolute Gasteiger partial charge is 0.161 e. The van der Waals surface area contributed by atoms with Gasteiger partial charge in [0.2, 0.25) is 0 Å². The van der Waals surface area contributed by atoms with Crippen molar-refractivity contribution in [1.82, 2.24) is 5.32 Å². The maximum absolute atomic E-state index is 6.20. The van der Waals surface area contributed by atoms with Crippen LogP contribution in [0.5, 0.6) is 11.5 Å². The molecule has 0 saturated heterocycles. The van der Waals surface area contributed by atoms with Gasteiger partial charge in [-0.2, -0.15) is 0 Å². The molecule has 1 aliphatic heterocycles. The number of ether oxygens (including phenoxy) is 2. The fourth-order valence-electron chi connectivity index (χ4n) is 2.21. The zero-order chi connectivity index (χ0) is 18.2. The highest BCUT2D eigenvalue weighted by atomic mass is 32.2. The fraction of sp³-hybridized carbons (Fsp3) is 0.316. The van der Waals surface area contributed by atoms with Crippen LogP contribution in [0.3, 0.4) is 0 Å². The van der Waals surface area contributed by atoms with Crippen LogP contribution in [-0.2, 0) is 0 Å². The summed E-state index contributed by atoms with van der Waals surface area (Å²) in [4.78, 5) is 1.09. The Morgan fingerprint density at radius 1 is 1.08 bits per heavy atom. The molecule has 0 aromatic heterocycles. The molecule has 0 radical (unpaired) electrons. The number of thioether (sulfide) groups is 1. The van der Waals surface area contributed by atoms with Gasteiger partial charge in [0.05, 0.1) is 0 Å². The molecule has 134 valence electrons. The van der Waals surface area contributed by atoms with E-state index in [4.69, 9.17) is 27.4 Å². The second-order valence-corrected chi connectivity index (χ2v) is 6.98. The second-order valence-electron chi connectivity index (χ2n) is 5.23. The van der Waals surface area contributed by atoms with Gasteiger partial charge in [0.25, 0.3) is 0 Å². The average molecular weight is 377 g/mol. The van der Waals surface area contributed by atoms with Crippen molar-refractivity contribution < 1.29 is 9.47 Å². The molecule has 3 rings (SSSR count). The number of aryl methyl sites for hydroxylation is 1. The third kappa shape index (κ3) is 5.63. The summed E-state index contributed by atoms with van der Waals surface area (Å²) < 4.78 is 11.7. The first kappa shape index (κ1) is 19.6. The normalized spacial score (nSPS) is 13.3. The van der Waals surface area contributed by atoms with Gasteiger partial charge in [-0.05, 0) is 36.8 Å². The van der Waals surface area contributed by atoms with Crippen molar-refractivity contribution in [3.63, 3.8) is 0 Å². The van der Waals surface area contributed by atoms with E-state index in [1.807, 2.05) is 44.2 Å². The molecule has 4 nitrogen and oxygen atoms in total. The quantitative estimate of drug-likeness (QED) is 0.470. The molecular weight excluding hydrogens is 352 g/mol. The van der Waals surface area contributed by atoms with Crippen molar-refractivity contribution in [2.24, 2.45) is 5.73 Å². The van der Waals surface area contributed by atoms with Crippen LogP contribution in [-0.4, -0.2) is 17.5 Å². The van der Waals surface area contributed by atoms with Crippen LogP contribution in [0.25, 0.3) is 0 Å². The second kappa shape index (κ2) is 9.65. The van der Waals surface area contributed by atoms with Crippen LogP contribution < -0.4 is 20.5 Å². The number of hydrogen-bond acceptors (Lipinski definition) is 5. The van der Waals surface area contributed by atoms with Gasteiger partial charge in [-0.1, -0.05) is 61.6 Å². The van der Waals surface area contributed by atoms with Crippen molar-refractivity contribution in [3.05, 3.63) is 53.6 Å². The van der Waals surface area contributed by atoms with Crippen molar-refractivity contribution in [3.8, 4) is 11.5 Å². The monoisotopic (exact) mass is 376 g/mol. The lowest BCUT2D eigenvalue weighted by Crippen LogP contribution is -2.31. The molecule has 0 fully saturated rings. The number of hydrogen-bond donors (Lipinski definition) is 2. The first-order valence-electron chi connectivity index (χ1n) is 8.32. The minimum atomic E-state index is -0.392. The first-order valence-corrected chi connectivity index (χ1v) is 9.54. The summed E-state index contributed by atoms with van der Waals surface area (Å²) in [6, 6.07) is 13.9. The Morgan fingerprint density at radius 2 is 1.72 bits per heavy atom. The molecule has 1 heterocycles. The zero-order valence-corrected chi connectivity index (χ0v) is 16.4. The maximum Gasteiger partial charge on any atom is 0.161 e. The predicted octanol–water partition coefficient (Wildman–Crippen LogP) is 4.42. The lowest BCUT2D eigenvalue weighted by Gasteiger charge is -2.21. The number of nitrogens with one attached hydrogen (secondary N) is 1. The Hall–Kier alpha value is -1.76. The summed E-state index contributed by atoms with van der Waals surface area (Å²) in [6.07, 6.45) is -0.392. The summed E-state index contributed by atoms with van der Waals surface area (Å²) in [7, 11) is 0. The van der Waals surface area contributed by atoms with E-state index in [1.54, 1.807) is 0 Å². The molecular formula is C19H24N2O2S2. The molecule has 1 atom stereocenters. The molecule has 6 heteroatoms. The molecule has 1 aliphatic rings. The van der Waals surface area contributed by atoms with E-state index >= 15 is 0 Å². The fourth-order valence-corrected chi connectivity index (χ4v) is 3.29. The van der Waals surface area contributed by atoms with Crippen LogP contribution >= 0.6 is 24.0 Å². The Kier molecular flexibility index (Phi) is 7.55. The highest BCUT2D eigenvalue weighted by molar-refractivity contribution is 8.23. The molecule has 0 saturated carbocycles. The van der Waals surface area contributed by atoms with E-state index in [1.165, 1.54) is 17.3 Å². The highest BCUT2D eigenvalue weighted by Gasteiger charge is 2.15. The van der Waals surface area contributed by atoms with E-state index in [9.17, 15) is 0 Å². The average Bonchev–Trinajstić information content (AvgIpc) is 2.65. The van der Waals surface area contributed by atoms with Crippen LogP contribution in [0.4, 0.5) is 0 Å². The minimum Gasteiger partial charge on any atom is -0.486 e. The van der Waals surface area contributed by atoms with Crippen molar-refractivity contribution in [1.29, 1.82) is 0 Å². The van der Waals surface area contributed by atoms with Crippen molar-refractivity contribution >= 4 is 28.3 Å². The van der Waals surface area contributed by atoms with Gasteiger partial charge < -0.3 is 20.5 Å². The van der Waals surface area contributed by atoms with Gasteiger partial charge in [-0.15, -0.1) is 0 Å².